The monoisotopic (exact) mass is 320 g/mol. The molecule has 2 nitrogen and oxygen atoms in total. The van der Waals surface area contributed by atoms with E-state index in [1.54, 1.807) is 18.0 Å². The van der Waals surface area contributed by atoms with Crippen LogP contribution in [0, 0.1) is 5.92 Å². The van der Waals surface area contributed by atoms with Crippen molar-refractivity contribution in [2.45, 2.75) is 31.3 Å². The third-order valence-electron chi connectivity index (χ3n) is 3.16. The minimum Gasteiger partial charge on any atom is -0.323 e. The molecule has 1 heterocycles. The maximum atomic E-state index is 6.25. The standard InChI is InChI=1S/C17H21ClN2S/c1-12(2)9-13-3-5-14(6-4-13)16(19)11-21-17-8-7-15(18)10-20-17/h3-8,10,12,16H,9,11,19H2,1-2H3. The number of halogens is 1. The van der Waals surface area contributed by atoms with Gasteiger partial charge in [0.1, 0.15) is 0 Å². The van der Waals surface area contributed by atoms with Crippen molar-refractivity contribution >= 4 is 23.4 Å². The topological polar surface area (TPSA) is 38.9 Å². The summed E-state index contributed by atoms with van der Waals surface area (Å²) >= 11 is 7.48. The smallest absolute Gasteiger partial charge is 0.0961 e. The third kappa shape index (κ3) is 5.34. The zero-order valence-electron chi connectivity index (χ0n) is 12.4. The van der Waals surface area contributed by atoms with Crippen LogP contribution in [-0.2, 0) is 6.42 Å². The number of nitrogens with two attached hydrogens (primary N) is 1. The average molecular weight is 321 g/mol. The number of aromatic nitrogens is 1. The van der Waals surface area contributed by atoms with Gasteiger partial charge in [-0.1, -0.05) is 49.7 Å². The highest BCUT2D eigenvalue weighted by Crippen LogP contribution is 2.23. The Hall–Kier alpha value is -1.03. The third-order valence-corrected chi connectivity index (χ3v) is 4.45. The van der Waals surface area contributed by atoms with Gasteiger partial charge in [0.15, 0.2) is 0 Å². The summed E-state index contributed by atoms with van der Waals surface area (Å²) in [6.45, 7) is 4.46. The molecule has 1 atom stereocenters. The molecule has 1 aromatic carbocycles. The predicted octanol–water partition coefficient (Wildman–Crippen LogP) is 4.73. The van der Waals surface area contributed by atoms with Gasteiger partial charge in [-0.2, -0.15) is 0 Å². The second kappa shape index (κ2) is 7.83. The SMILES string of the molecule is CC(C)Cc1ccc(C(N)CSc2ccc(Cl)cn2)cc1. The molecule has 0 radical (unpaired) electrons. The number of rotatable bonds is 6. The minimum absolute atomic E-state index is 0.0144. The van der Waals surface area contributed by atoms with Crippen LogP contribution in [-0.4, -0.2) is 10.7 Å². The van der Waals surface area contributed by atoms with Gasteiger partial charge in [0.2, 0.25) is 0 Å². The Morgan fingerprint density at radius 2 is 1.86 bits per heavy atom. The van der Waals surface area contributed by atoms with Gasteiger partial charge in [0, 0.05) is 18.0 Å². The quantitative estimate of drug-likeness (QED) is 0.782. The molecule has 1 unspecified atom stereocenters. The van der Waals surface area contributed by atoms with E-state index in [9.17, 15) is 0 Å². The van der Waals surface area contributed by atoms with E-state index >= 15 is 0 Å². The minimum atomic E-state index is 0.0144. The molecular weight excluding hydrogens is 300 g/mol. The van der Waals surface area contributed by atoms with Crippen molar-refractivity contribution < 1.29 is 0 Å². The molecule has 2 aromatic rings. The summed E-state index contributed by atoms with van der Waals surface area (Å²) in [5.74, 6) is 1.48. The zero-order valence-corrected chi connectivity index (χ0v) is 14.0. The van der Waals surface area contributed by atoms with Crippen molar-refractivity contribution in [3.05, 3.63) is 58.7 Å². The van der Waals surface area contributed by atoms with Crippen LogP contribution in [0.15, 0.2) is 47.6 Å². The molecule has 0 spiro atoms. The van der Waals surface area contributed by atoms with Gasteiger partial charge in [0.05, 0.1) is 10.0 Å². The first-order valence-corrected chi connectivity index (χ1v) is 8.49. The molecule has 0 amide bonds. The average Bonchev–Trinajstić information content (AvgIpc) is 2.46. The van der Waals surface area contributed by atoms with E-state index < -0.39 is 0 Å². The van der Waals surface area contributed by atoms with Crippen LogP contribution in [0.3, 0.4) is 0 Å². The molecule has 1 aromatic heterocycles. The van der Waals surface area contributed by atoms with Crippen LogP contribution in [0.4, 0.5) is 0 Å². The van der Waals surface area contributed by atoms with Gasteiger partial charge in [0.25, 0.3) is 0 Å². The molecule has 0 aliphatic carbocycles. The van der Waals surface area contributed by atoms with Crippen molar-refractivity contribution in [2.75, 3.05) is 5.75 Å². The molecule has 0 fully saturated rings. The van der Waals surface area contributed by atoms with Gasteiger partial charge < -0.3 is 5.73 Å². The molecule has 0 saturated heterocycles. The van der Waals surface area contributed by atoms with Gasteiger partial charge in [-0.3, -0.25) is 0 Å². The molecule has 0 saturated carbocycles. The lowest BCUT2D eigenvalue weighted by atomic mass is 10.0. The fraction of sp³-hybridized carbons (Fsp3) is 0.353. The van der Waals surface area contributed by atoms with Crippen LogP contribution in [0.5, 0.6) is 0 Å². The van der Waals surface area contributed by atoms with Crippen LogP contribution in [0.2, 0.25) is 5.02 Å². The van der Waals surface area contributed by atoms with Gasteiger partial charge in [-0.25, -0.2) is 4.98 Å². The van der Waals surface area contributed by atoms with E-state index in [2.05, 4.69) is 43.1 Å². The normalized spacial score (nSPS) is 12.6. The molecule has 21 heavy (non-hydrogen) atoms. The molecule has 112 valence electrons. The van der Waals surface area contributed by atoms with E-state index in [4.69, 9.17) is 17.3 Å². The van der Waals surface area contributed by atoms with Crippen LogP contribution < -0.4 is 5.73 Å². The Balaban J connectivity index is 1.90. The second-order valence-corrected chi connectivity index (χ2v) is 7.05. The number of hydrogen-bond donors (Lipinski definition) is 1. The lowest BCUT2D eigenvalue weighted by molar-refractivity contribution is 0.647. The first-order chi connectivity index (χ1) is 10.0. The summed E-state index contributed by atoms with van der Waals surface area (Å²) in [5, 5.41) is 1.61. The molecule has 2 N–H and O–H groups in total. The number of hydrogen-bond acceptors (Lipinski definition) is 3. The fourth-order valence-electron chi connectivity index (χ4n) is 2.09. The first-order valence-electron chi connectivity index (χ1n) is 7.13. The van der Waals surface area contributed by atoms with E-state index in [1.165, 1.54) is 11.1 Å². The number of thioether (sulfide) groups is 1. The summed E-state index contributed by atoms with van der Waals surface area (Å²) in [4.78, 5) is 4.27. The summed E-state index contributed by atoms with van der Waals surface area (Å²) in [6.07, 6.45) is 2.77. The highest BCUT2D eigenvalue weighted by atomic mass is 35.5. The molecule has 0 aliphatic rings. The Bertz CT molecular complexity index is 552. The Labute approximate surface area is 136 Å². The van der Waals surface area contributed by atoms with Crippen molar-refractivity contribution in [1.82, 2.24) is 4.98 Å². The Morgan fingerprint density at radius 3 is 2.43 bits per heavy atom. The van der Waals surface area contributed by atoms with Crippen molar-refractivity contribution in [2.24, 2.45) is 11.7 Å². The largest absolute Gasteiger partial charge is 0.323 e. The van der Waals surface area contributed by atoms with Crippen molar-refractivity contribution in [3.63, 3.8) is 0 Å². The lowest BCUT2D eigenvalue weighted by Gasteiger charge is -2.13. The second-order valence-electron chi connectivity index (χ2n) is 5.57. The summed E-state index contributed by atoms with van der Waals surface area (Å²) in [5.41, 5.74) is 8.79. The fourth-order valence-corrected chi connectivity index (χ4v) is 3.04. The van der Waals surface area contributed by atoms with Crippen LogP contribution in [0.25, 0.3) is 0 Å². The molecule has 0 bridgehead atoms. The van der Waals surface area contributed by atoms with Gasteiger partial charge >= 0.3 is 0 Å². The highest BCUT2D eigenvalue weighted by Gasteiger charge is 2.08. The molecule has 0 aliphatic heterocycles. The summed E-state index contributed by atoms with van der Waals surface area (Å²) < 4.78 is 0. The van der Waals surface area contributed by atoms with E-state index in [0.29, 0.717) is 10.9 Å². The van der Waals surface area contributed by atoms with Gasteiger partial charge in [-0.05, 0) is 35.6 Å². The van der Waals surface area contributed by atoms with Crippen molar-refractivity contribution in [1.29, 1.82) is 0 Å². The van der Waals surface area contributed by atoms with Crippen LogP contribution in [0.1, 0.15) is 31.0 Å². The van der Waals surface area contributed by atoms with E-state index in [-0.39, 0.29) is 6.04 Å². The number of pyridine rings is 1. The maximum absolute atomic E-state index is 6.25. The Morgan fingerprint density at radius 1 is 1.14 bits per heavy atom. The number of benzene rings is 1. The highest BCUT2D eigenvalue weighted by molar-refractivity contribution is 7.99. The first kappa shape index (κ1) is 16.3. The van der Waals surface area contributed by atoms with Gasteiger partial charge in [-0.15, -0.1) is 11.8 Å². The predicted molar refractivity (Wildman–Crippen MR) is 91.9 cm³/mol. The lowest BCUT2D eigenvalue weighted by Crippen LogP contribution is -2.13. The summed E-state index contributed by atoms with van der Waals surface area (Å²) in [7, 11) is 0. The zero-order chi connectivity index (χ0) is 15.2. The maximum Gasteiger partial charge on any atom is 0.0961 e. The van der Waals surface area contributed by atoms with Crippen LogP contribution >= 0.6 is 23.4 Å². The number of nitrogens with zero attached hydrogens (tertiary/aromatic N) is 1. The van der Waals surface area contributed by atoms with Crippen molar-refractivity contribution in [3.8, 4) is 0 Å². The molecule has 2 rings (SSSR count). The molecular formula is C17H21ClN2S. The Kier molecular flexibility index (Phi) is 6.09. The van der Waals surface area contributed by atoms with E-state index in [1.807, 2.05) is 12.1 Å². The molecule has 4 heteroatoms. The van der Waals surface area contributed by atoms with E-state index in [0.717, 1.165) is 17.2 Å². The summed E-state index contributed by atoms with van der Waals surface area (Å²) in [6, 6.07) is 12.4.